The van der Waals surface area contributed by atoms with Crippen LogP contribution in [-0.2, 0) is 4.74 Å². The van der Waals surface area contributed by atoms with Gasteiger partial charge in [0.25, 0.3) is 0 Å². The molecule has 0 aromatic heterocycles. The molecule has 0 amide bonds. The zero-order chi connectivity index (χ0) is 9.19. The van der Waals surface area contributed by atoms with Crippen molar-refractivity contribution in [1.29, 1.82) is 0 Å². The van der Waals surface area contributed by atoms with E-state index < -0.39 is 0 Å². The number of hydrogen-bond donors (Lipinski definition) is 1. The van der Waals surface area contributed by atoms with E-state index >= 15 is 0 Å². The van der Waals surface area contributed by atoms with Crippen molar-refractivity contribution in [3.8, 4) is 0 Å². The van der Waals surface area contributed by atoms with Gasteiger partial charge in [0.2, 0.25) is 0 Å². The fourth-order valence-corrected chi connectivity index (χ4v) is 1.08. The average Bonchev–Trinajstić information content (AvgIpc) is 2.03. The Labute approximate surface area is 74.2 Å². The van der Waals surface area contributed by atoms with Crippen molar-refractivity contribution in [2.75, 3.05) is 20.2 Å². The summed E-state index contributed by atoms with van der Waals surface area (Å²) in [6, 6.07) is 0.334. The fraction of sp³-hybridized carbons (Fsp3) is 0.889. The van der Waals surface area contributed by atoms with Gasteiger partial charge in [-0.15, -0.1) is 0 Å². The Morgan fingerprint density at radius 3 is 2.67 bits per heavy atom. The summed E-state index contributed by atoms with van der Waals surface area (Å²) in [6.45, 7) is 7.67. The third-order valence-electron chi connectivity index (χ3n) is 2.21. The van der Waals surface area contributed by atoms with Crippen molar-refractivity contribution in [3.05, 3.63) is 0 Å². The monoisotopic (exact) mass is 170 g/mol. The molecule has 0 saturated carbocycles. The highest BCUT2D eigenvalue weighted by atomic mass is 16.5. The zero-order valence-corrected chi connectivity index (χ0v) is 8.35. The third-order valence-corrected chi connectivity index (χ3v) is 2.21. The van der Waals surface area contributed by atoms with Gasteiger partial charge in [-0.2, -0.15) is 0 Å². The number of ether oxygens (including phenoxy) is 1. The molecule has 1 aliphatic rings. The van der Waals surface area contributed by atoms with Crippen LogP contribution in [0, 0.1) is 0 Å². The topological polar surface area (TPSA) is 33.6 Å². The van der Waals surface area contributed by atoms with E-state index in [1.54, 1.807) is 0 Å². The lowest BCUT2D eigenvalue weighted by molar-refractivity contribution is 0.00391. The highest BCUT2D eigenvalue weighted by molar-refractivity contribution is 5.90. The van der Waals surface area contributed by atoms with Crippen LogP contribution in [0.4, 0.5) is 0 Å². The lowest BCUT2D eigenvalue weighted by Gasteiger charge is -2.30. The average molecular weight is 170 g/mol. The summed E-state index contributed by atoms with van der Waals surface area (Å²) in [6.07, 6.45) is 0. The molecule has 0 aromatic carbocycles. The van der Waals surface area contributed by atoms with Crippen LogP contribution >= 0.6 is 0 Å². The smallest absolute Gasteiger partial charge is 0.0868 e. The van der Waals surface area contributed by atoms with Crippen molar-refractivity contribution in [2.45, 2.75) is 32.4 Å². The quantitative estimate of drug-likeness (QED) is 0.666. The largest absolute Gasteiger partial charge is 0.368 e. The second kappa shape index (κ2) is 3.54. The molecule has 3 heteroatoms. The maximum Gasteiger partial charge on any atom is 0.0868 e. The summed E-state index contributed by atoms with van der Waals surface area (Å²) in [5.41, 5.74) is 1.05. The van der Waals surface area contributed by atoms with Crippen LogP contribution in [0.2, 0.25) is 0 Å². The van der Waals surface area contributed by atoms with E-state index in [0.29, 0.717) is 12.6 Å². The lowest BCUT2D eigenvalue weighted by atomic mass is 10.1. The maximum atomic E-state index is 5.63. The Balaban J connectivity index is 2.56. The minimum absolute atomic E-state index is 0.0725. The maximum absolute atomic E-state index is 5.63. The third kappa shape index (κ3) is 2.29. The second-order valence-electron chi connectivity index (χ2n) is 3.87. The van der Waals surface area contributed by atoms with Gasteiger partial charge in [-0.3, -0.25) is 4.99 Å². The molecule has 0 spiro atoms. The van der Waals surface area contributed by atoms with Gasteiger partial charge in [-0.25, -0.2) is 0 Å². The molecule has 0 aliphatic carbocycles. The molecule has 0 fully saturated rings. The van der Waals surface area contributed by atoms with Gasteiger partial charge in [-0.1, -0.05) is 0 Å². The first-order valence-electron chi connectivity index (χ1n) is 4.39. The molecular weight excluding hydrogens is 152 g/mol. The molecule has 0 saturated heterocycles. The first-order valence-corrected chi connectivity index (χ1v) is 4.39. The Morgan fingerprint density at radius 2 is 2.25 bits per heavy atom. The highest BCUT2D eigenvalue weighted by Crippen LogP contribution is 2.14. The lowest BCUT2D eigenvalue weighted by Crippen LogP contribution is -2.42. The molecule has 1 aliphatic heterocycles. The molecule has 1 heterocycles. The van der Waals surface area contributed by atoms with Crippen molar-refractivity contribution >= 4 is 5.71 Å². The van der Waals surface area contributed by atoms with E-state index in [1.165, 1.54) is 0 Å². The molecule has 3 nitrogen and oxygen atoms in total. The Kier molecular flexibility index (Phi) is 2.85. The van der Waals surface area contributed by atoms with Crippen LogP contribution in [0.15, 0.2) is 4.99 Å². The zero-order valence-electron chi connectivity index (χ0n) is 8.35. The van der Waals surface area contributed by atoms with E-state index in [-0.39, 0.29) is 5.60 Å². The number of aliphatic imine (C=N–C) groups is 1. The fourth-order valence-electron chi connectivity index (χ4n) is 1.08. The van der Waals surface area contributed by atoms with Crippen LogP contribution in [-0.4, -0.2) is 37.6 Å². The van der Waals surface area contributed by atoms with Gasteiger partial charge in [0, 0.05) is 6.04 Å². The van der Waals surface area contributed by atoms with E-state index in [1.807, 2.05) is 7.05 Å². The predicted molar refractivity (Wildman–Crippen MR) is 50.9 cm³/mol. The van der Waals surface area contributed by atoms with Gasteiger partial charge < -0.3 is 10.1 Å². The van der Waals surface area contributed by atoms with Crippen LogP contribution in [0.1, 0.15) is 20.8 Å². The number of rotatable bonds is 2. The SMILES string of the molecule is CNC(C)C1=NCC(C)(C)OC1. The summed E-state index contributed by atoms with van der Waals surface area (Å²) in [4.78, 5) is 4.48. The van der Waals surface area contributed by atoms with Crippen LogP contribution < -0.4 is 5.32 Å². The second-order valence-corrected chi connectivity index (χ2v) is 3.87. The van der Waals surface area contributed by atoms with Gasteiger partial charge >= 0.3 is 0 Å². The molecule has 1 rings (SSSR count). The first-order chi connectivity index (χ1) is 5.55. The molecule has 1 N–H and O–H groups in total. The summed E-state index contributed by atoms with van der Waals surface area (Å²) >= 11 is 0. The van der Waals surface area contributed by atoms with Gasteiger partial charge in [-0.05, 0) is 27.8 Å². The summed E-state index contributed by atoms with van der Waals surface area (Å²) in [5.74, 6) is 0. The molecule has 70 valence electrons. The van der Waals surface area contributed by atoms with Crippen molar-refractivity contribution in [3.63, 3.8) is 0 Å². The molecule has 0 radical (unpaired) electrons. The molecule has 1 unspecified atom stereocenters. The van der Waals surface area contributed by atoms with E-state index in [9.17, 15) is 0 Å². The molecule has 0 bridgehead atoms. The standard InChI is InChI=1S/C9H18N2O/c1-7(10-4)8-5-12-9(2,3)6-11-8/h7,10H,5-6H2,1-4H3. The minimum Gasteiger partial charge on any atom is -0.368 e. The molecule has 1 atom stereocenters. The number of nitrogens with one attached hydrogen (secondary N) is 1. The number of hydrogen-bond acceptors (Lipinski definition) is 3. The minimum atomic E-state index is -0.0725. The van der Waals surface area contributed by atoms with Crippen molar-refractivity contribution in [2.24, 2.45) is 4.99 Å². The van der Waals surface area contributed by atoms with Crippen molar-refractivity contribution in [1.82, 2.24) is 5.32 Å². The normalized spacial score (nSPS) is 24.8. The van der Waals surface area contributed by atoms with Gasteiger partial charge in [0.15, 0.2) is 0 Å². The van der Waals surface area contributed by atoms with Gasteiger partial charge in [0.05, 0.1) is 24.5 Å². The summed E-state index contributed by atoms with van der Waals surface area (Å²) in [7, 11) is 1.94. The van der Waals surface area contributed by atoms with Gasteiger partial charge in [0.1, 0.15) is 0 Å². The van der Waals surface area contributed by atoms with E-state index in [2.05, 4.69) is 31.1 Å². The highest BCUT2D eigenvalue weighted by Gasteiger charge is 2.24. The summed E-state index contributed by atoms with van der Waals surface area (Å²) < 4.78 is 5.63. The van der Waals surface area contributed by atoms with Crippen LogP contribution in [0.25, 0.3) is 0 Å². The predicted octanol–water partition coefficient (Wildman–Crippen LogP) is 0.844. The molecule has 12 heavy (non-hydrogen) atoms. The first kappa shape index (κ1) is 9.68. The Bertz CT molecular complexity index is 187. The van der Waals surface area contributed by atoms with Crippen LogP contribution in [0.3, 0.4) is 0 Å². The van der Waals surface area contributed by atoms with E-state index in [4.69, 9.17) is 4.74 Å². The Morgan fingerprint density at radius 1 is 1.58 bits per heavy atom. The number of nitrogens with zero attached hydrogens (tertiary/aromatic N) is 1. The molecule has 0 aromatic rings. The Hall–Kier alpha value is -0.410. The van der Waals surface area contributed by atoms with Crippen molar-refractivity contribution < 1.29 is 4.74 Å². The summed E-state index contributed by atoms with van der Waals surface area (Å²) in [5, 5.41) is 3.15. The van der Waals surface area contributed by atoms with E-state index in [0.717, 1.165) is 12.3 Å². The van der Waals surface area contributed by atoms with Crippen LogP contribution in [0.5, 0.6) is 0 Å². The molecular formula is C9H18N2O.